The molecule has 0 fully saturated rings. The van der Waals surface area contributed by atoms with Gasteiger partial charge in [0.15, 0.2) is 5.69 Å². The molecule has 0 N–H and O–H groups in total. The van der Waals surface area contributed by atoms with E-state index in [-0.39, 0.29) is 12.0 Å². The first-order chi connectivity index (χ1) is 7.50. The number of rotatable bonds is 2. The van der Waals surface area contributed by atoms with Crippen LogP contribution in [0.5, 0.6) is 5.75 Å². The number of hydrogen-bond donors (Lipinski definition) is 0. The van der Waals surface area contributed by atoms with Crippen molar-refractivity contribution in [1.82, 2.24) is 0 Å². The van der Waals surface area contributed by atoms with Crippen LogP contribution in [0.1, 0.15) is 26.3 Å². The Bertz CT molecular complexity index is 455. The fourth-order valence-electron chi connectivity index (χ4n) is 1.61. The number of nitrogens with zero attached hydrogens (tertiary/aromatic N) is 1. The Balaban J connectivity index is 3.29. The van der Waals surface area contributed by atoms with Gasteiger partial charge in [-0.15, -0.1) is 6.42 Å². The van der Waals surface area contributed by atoms with Crippen molar-refractivity contribution < 1.29 is 4.74 Å². The maximum absolute atomic E-state index is 7.17. The smallest absolute Gasteiger partial charge is 0.194 e. The molecule has 0 unspecified atom stereocenters. The van der Waals surface area contributed by atoms with E-state index in [1.54, 1.807) is 6.07 Å². The van der Waals surface area contributed by atoms with E-state index in [0.29, 0.717) is 11.4 Å². The predicted octanol–water partition coefficient (Wildman–Crippen LogP) is 3.55. The van der Waals surface area contributed by atoms with Crippen molar-refractivity contribution in [2.45, 2.75) is 26.2 Å². The second-order valence-electron chi connectivity index (χ2n) is 4.50. The van der Waals surface area contributed by atoms with Crippen LogP contribution in [0.2, 0.25) is 0 Å². The average Bonchev–Trinajstić information content (AvgIpc) is 2.24. The van der Waals surface area contributed by atoms with Gasteiger partial charge < -0.3 is 4.74 Å². The second kappa shape index (κ2) is 4.73. The van der Waals surface area contributed by atoms with E-state index in [1.165, 1.54) is 0 Å². The Morgan fingerprint density at radius 3 is 2.62 bits per heavy atom. The monoisotopic (exact) mass is 213 g/mol. The van der Waals surface area contributed by atoms with Gasteiger partial charge >= 0.3 is 0 Å². The second-order valence-corrected chi connectivity index (χ2v) is 4.50. The van der Waals surface area contributed by atoms with Crippen LogP contribution in [0.25, 0.3) is 4.85 Å². The number of benzene rings is 1. The normalized spacial score (nSPS) is 10.3. The number of hydrogen-bond acceptors (Lipinski definition) is 1. The van der Waals surface area contributed by atoms with Crippen LogP contribution < -0.4 is 4.74 Å². The summed E-state index contributed by atoms with van der Waals surface area (Å²) in [6.45, 7) is 13.6. The summed E-state index contributed by atoms with van der Waals surface area (Å²) in [7, 11) is 0. The Hall–Kier alpha value is -1.93. The number of terminal acetylenes is 1. The minimum atomic E-state index is -0.134. The molecule has 1 aromatic rings. The van der Waals surface area contributed by atoms with E-state index in [4.69, 9.17) is 17.7 Å². The van der Waals surface area contributed by atoms with Crippen LogP contribution in [0.4, 0.5) is 5.69 Å². The first-order valence-electron chi connectivity index (χ1n) is 5.08. The van der Waals surface area contributed by atoms with Gasteiger partial charge in [0.1, 0.15) is 12.4 Å². The van der Waals surface area contributed by atoms with Crippen molar-refractivity contribution in [3.8, 4) is 18.1 Å². The van der Waals surface area contributed by atoms with E-state index >= 15 is 0 Å². The lowest BCUT2D eigenvalue weighted by molar-refractivity contribution is 0.358. The number of ether oxygens (including phenoxy) is 1. The molecule has 0 heterocycles. The topological polar surface area (TPSA) is 13.6 Å². The summed E-state index contributed by atoms with van der Waals surface area (Å²) < 4.78 is 5.48. The third kappa shape index (κ3) is 2.55. The third-order valence-corrected chi connectivity index (χ3v) is 2.19. The van der Waals surface area contributed by atoms with Crippen molar-refractivity contribution in [2.24, 2.45) is 0 Å². The molecule has 2 heteroatoms. The molecular weight excluding hydrogens is 198 g/mol. The lowest BCUT2D eigenvalue weighted by atomic mass is 9.85. The van der Waals surface area contributed by atoms with Crippen LogP contribution in [-0.2, 0) is 5.41 Å². The Labute approximate surface area is 97.1 Å². The fraction of sp³-hybridized carbons (Fsp3) is 0.357. The molecular formula is C14H15NO. The lowest BCUT2D eigenvalue weighted by Crippen LogP contribution is -2.13. The molecule has 0 saturated heterocycles. The maximum atomic E-state index is 7.17. The molecule has 0 radical (unpaired) electrons. The van der Waals surface area contributed by atoms with Gasteiger partial charge in [0.05, 0.1) is 6.57 Å². The van der Waals surface area contributed by atoms with E-state index in [9.17, 15) is 0 Å². The summed E-state index contributed by atoms with van der Waals surface area (Å²) in [5.41, 5.74) is 1.41. The highest BCUT2D eigenvalue weighted by Crippen LogP contribution is 2.38. The summed E-state index contributed by atoms with van der Waals surface area (Å²) in [4.78, 5) is 3.52. The lowest BCUT2D eigenvalue weighted by Gasteiger charge is -2.23. The first kappa shape index (κ1) is 12.1. The summed E-state index contributed by atoms with van der Waals surface area (Å²) in [6, 6.07) is 5.47. The van der Waals surface area contributed by atoms with Crippen LogP contribution in [0.15, 0.2) is 18.2 Å². The zero-order chi connectivity index (χ0) is 12.2. The van der Waals surface area contributed by atoms with Crippen molar-refractivity contribution in [2.75, 3.05) is 6.61 Å². The molecule has 0 aliphatic carbocycles. The first-order valence-corrected chi connectivity index (χ1v) is 5.08. The molecule has 0 bridgehead atoms. The molecule has 2 nitrogen and oxygen atoms in total. The van der Waals surface area contributed by atoms with Crippen LogP contribution in [0.3, 0.4) is 0 Å². The quantitative estimate of drug-likeness (QED) is 0.541. The molecule has 0 saturated carbocycles. The SMILES string of the molecule is [C-]#[N+]c1cccc(OCC#C)c1C(C)(C)C. The molecule has 82 valence electrons. The zero-order valence-corrected chi connectivity index (χ0v) is 9.87. The zero-order valence-electron chi connectivity index (χ0n) is 9.87. The van der Waals surface area contributed by atoms with Crippen LogP contribution >= 0.6 is 0 Å². The molecule has 0 aliphatic heterocycles. The summed E-state index contributed by atoms with van der Waals surface area (Å²) >= 11 is 0. The van der Waals surface area contributed by atoms with Crippen molar-refractivity contribution in [1.29, 1.82) is 0 Å². The Kier molecular flexibility index (Phi) is 3.59. The summed E-state index contributed by atoms with van der Waals surface area (Å²) in [5.74, 6) is 3.14. The molecule has 0 aromatic heterocycles. The van der Waals surface area contributed by atoms with Crippen LogP contribution in [0, 0.1) is 18.9 Å². The molecule has 0 aliphatic rings. The molecule has 0 atom stereocenters. The summed E-state index contributed by atoms with van der Waals surface area (Å²) in [5, 5.41) is 0. The fourth-order valence-corrected chi connectivity index (χ4v) is 1.61. The Morgan fingerprint density at radius 2 is 2.12 bits per heavy atom. The maximum Gasteiger partial charge on any atom is 0.194 e. The van der Waals surface area contributed by atoms with Crippen molar-refractivity contribution >= 4 is 5.69 Å². The minimum Gasteiger partial charge on any atom is -0.482 e. The van der Waals surface area contributed by atoms with E-state index in [0.717, 1.165) is 5.56 Å². The molecule has 1 aromatic carbocycles. The van der Waals surface area contributed by atoms with Crippen LogP contribution in [-0.4, -0.2) is 6.61 Å². The van der Waals surface area contributed by atoms with Gasteiger partial charge in [0, 0.05) is 5.56 Å². The largest absolute Gasteiger partial charge is 0.482 e. The summed E-state index contributed by atoms with van der Waals surface area (Å²) in [6.07, 6.45) is 5.17. The Morgan fingerprint density at radius 1 is 1.44 bits per heavy atom. The predicted molar refractivity (Wildman–Crippen MR) is 65.7 cm³/mol. The van der Waals surface area contributed by atoms with Crippen molar-refractivity contribution in [3.05, 3.63) is 35.2 Å². The van der Waals surface area contributed by atoms with Gasteiger partial charge in [-0.1, -0.05) is 38.8 Å². The van der Waals surface area contributed by atoms with E-state index in [1.807, 2.05) is 12.1 Å². The van der Waals surface area contributed by atoms with Gasteiger partial charge in [-0.05, 0) is 11.5 Å². The highest BCUT2D eigenvalue weighted by Gasteiger charge is 2.22. The highest BCUT2D eigenvalue weighted by atomic mass is 16.5. The van der Waals surface area contributed by atoms with Crippen molar-refractivity contribution in [3.63, 3.8) is 0 Å². The minimum absolute atomic E-state index is 0.134. The van der Waals surface area contributed by atoms with Gasteiger partial charge in [0.25, 0.3) is 0 Å². The van der Waals surface area contributed by atoms with E-state index < -0.39 is 0 Å². The highest BCUT2D eigenvalue weighted by molar-refractivity contribution is 5.61. The molecule has 0 amide bonds. The standard InChI is InChI=1S/C14H15NO/c1-6-10-16-12-9-7-8-11(15-5)13(12)14(2,3)4/h1,7-9H,10H2,2-4H3. The molecule has 16 heavy (non-hydrogen) atoms. The molecule has 1 rings (SSSR count). The molecule has 0 spiro atoms. The van der Waals surface area contributed by atoms with Gasteiger partial charge in [0.2, 0.25) is 0 Å². The third-order valence-electron chi connectivity index (χ3n) is 2.19. The van der Waals surface area contributed by atoms with Gasteiger partial charge in [-0.3, -0.25) is 0 Å². The van der Waals surface area contributed by atoms with Gasteiger partial charge in [-0.2, -0.15) is 0 Å². The average molecular weight is 213 g/mol. The van der Waals surface area contributed by atoms with E-state index in [2.05, 4.69) is 31.5 Å². The van der Waals surface area contributed by atoms with Gasteiger partial charge in [-0.25, -0.2) is 4.85 Å².